The first-order chi connectivity index (χ1) is 17.2. The number of nitrogens with one attached hydrogen (secondary N) is 1. The summed E-state index contributed by atoms with van der Waals surface area (Å²) >= 11 is 0. The summed E-state index contributed by atoms with van der Waals surface area (Å²) in [7, 11) is 1.35. The van der Waals surface area contributed by atoms with E-state index in [4.69, 9.17) is 15.2 Å². The van der Waals surface area contributed by atoms with Crippen LogP contribution in [0.1, 0.15) is 29.9 Å². The van der Waals surface area contributed by atoms with Gasteiger partial charge in [0.2, 0.25) is 0 Å². The topological polar surface area (TPSA) is 91.5 Å². The first-order valence-electron chi connectivity index (χ1n) is 10.8. The number of anilines is 2. The Hall–Kier alpha value is -3.55. The van der Waals surface area contributed by atoms with Gasteiger partial charge >= 0.3 is 12.4 Å². The molecule has 7 nitrogen and oxygen atoms in total. The van der Waals surface area contributed by atoms with Crippen molar-refractivity contribution in [2.45, 2.75) is 32.2 Å². The molecule has 3 N–H and O–H groups in total. The lowest BCUT2D eigenvalue weighted by Gasteiger charge is -2.20. The maximum absolute atomic E-state index is 14.8. The maximum atomic E-state index is 14.8. The molecule has 0 aliphatic carbocycles. The van der Waals surface area contributed by atoms with Crippen LogP contribution in [0, 0.1) is 12.7 Å². The maximum Gasteiger partial charge on any atom is 0.419 e. The van der Waals surface area contributed by atoms with Crippen LogP contribution in [0.2, 0.25) is 0 Å². The molecule has 14 heteroatoms. The molecule has 202 valence electrons. The van der Waals surface area contributed by atoms with Crippen LogP contribution in [-0.4, -0.2) is 43.1 Å². The van der Waals surface area contributed by atoms with Gasteiger partial charge in [0, 0.05) is 22.7 Å². The number of nitrogens with zero attached hydrogens (tertiary/aromatic N) is 2. The number of hydrogen-bond donors (Lipinski definition) is 2. The summed E-state index contributed by atoms with van der Waals surface area (Å²) in [5.74, 6) is -0.685. The molecule has 0 fully saturated rings. The molecule has 1 aromatic heterocycles. The highest BCUT2D eigenvalue weighted by atomic mass is 19.4. The summed E-state index contributed by atoms with van der Waals surface area (Å²) in [6.07, 6.45) is -9.42. The number of methoxy groups -OCH3 is 1. The molecule has 0 radical (unpaired) electrons. The molecule has 0 aliphatic rings. The Kier molecular flexibility index (Phi) is 8.20. The molecule has 0 saturated carbocycles. The molecule has 0 saturated heterocycles. The first kappa shape index (κ1) is 28.0. The fraction of sp³-hybridized carbons (Fsp3) is 0.391. The normalized spacial score (nSPS) is 13.0. The van der Waals surface area contributed by atoms with Crippen molar-refractivity contribution in [2.75, 3.05) is 38.0 Å². The minimum atomic E-state index is -4.95. The van der Waals surface area contributed by atoms with E-state index in [0.717, 1.165) is 6.07 Å². The number of alkyl halides is 6. The molecular formula is C23H23F7N4O3. The number of hydrogen-bond acceptors (Lipinski definition) is 7. The molecular weight excluding hydrogens is 513 g/mol. The Morgan fingerprint density at radius 1 is 1.00 bits per heavy atom. The molecule has 0 unspecified atom stereocenters. The van der Waals surface area contributed by atoms with Crippen molar-refractivity contribution in [2.24, 2.45) is 0 Å². The number of fused-ring (bicyclic) bond motifs is 1. The van der Waals surface area contributed by atoms with E-state index in [9.17, 15) is 30.7 Å². The van der Waals surface area contributed by atoms with Gasteiger partial charge in [0.1, 0.15) is 30.7 Å². The van der Waals surface area contributed by atoms with E-state index in [1.807, 2.05) is 0 Å². The van der Waals surface area contributed by atoms with E-state index in [-0.39, 0.29) is 41.8 Å². The number of aryl methyl sites for hydroxylation is 1. The molecule has 2 aromatic carbocycles. The summed E-state index contributed by atoms with van der Waals surface area (Å²) in [4.78, 5) is 8.58. The summed E-state index contributed by atoms with van der Waals surface area (Å²) in [6.45, 7) is 0.982. The van der Waals surface area contributed by atoms with Crippen molar-refractivity contribution in [3.8, 4) is 11.5 Å². The van der Waals surface area contributed by atoms with Gasteiger partial charge in [-0.25, -0.2) is 14.4 Å². The minimum absolute atomic E-state index is 0.128. The highest BCUT2D eigenvalue weighted by Crippen LogP contribution is 2.38. The SMILES string of the molecule is COc1cc2nc(C)nc(N[C@H](C)c3cc(N)cc(C(F)(F)F)c3F)c2cc1OCCOCC(F)(F)F. The third kappa shape index (κ3) is 7.02. The number of halogens is 7. The van der Waals surface area contributed by atoms with Gasteiger partial charge in [-0.15, -0.1) is 0 Å². The first-order valence-corrected chi connectivity index (χ1v) is 10.8. The molecule has 3 aromatic rings. The van der Waals surface area contributed by atoms with Gasteiger partial charge in [-0.2, -0.15) is 26.3 Å². The van der Waals surface area contributed by atoms with E-state index in [1.54, 1.807) is 6.92 Å². The van der Waals surface area contributed by atoms with Crippen LogP contribution >= 0.6 is 0 Å². The quantitative estimate of drug-likeness (QED) is 0.202. The largest absolute Gasteiger partial charge is 0.493 e. The van der Waals surface area contributed by atoms with Crippen molar-refractivity contribution in [3.63, 3.8) is 0 Å². The predicted octanol–water partition coefficient (Wildman–Crippen LogP) is 5.82. The summed E-state index contributed by atoms with van der Waals surface area (Å²) < 4.78 is 107. The third-order valence-corrected chi connectivity index (χ3v) is 5.09. The zero-order valence-corrected chi connectivity index (χ0v) is 19.9. The number of rotatable bonds is 9. The van der Waals surface area contributed by atoms with Crippen molar-refractivity contribution in [1.29, 1.82) is 0 Å². The Bertz CT molecular complexity index is 1270. The highest BCUT2D eigenvalue weighted by Gasteiger charge is 2.36. The number of aromatic nitrogens is 2. The molecule has 0 spiro atoms. The third-order valence-electron chi connectivity index (χ3n) is 5.09. The summed E-state index contributed by atoms with van der Waals surface area (Å²) in [5, 5.41) is 3.22. The van der Waals surface area contributed by atoms with Gasteiger partial charge in [-0.3, -0.25) is 0 Å². The van der Waals surface area contributed by atoms with Crippen molar-refractivity contribution in [1.82, 2.24) is 9.97 Å². The zero-order valence-electron chi connectivity index (χ0n) is 19.9. The van der Waals surface area contributed by atoms with Crippen LogP contribution in [0.3, 0.4) is 0 Å². The molecule has 37 heavy (non-hydrogen) atoms. The van der Waals surface area contributed by atoms with Crippen molar-refractivity contribution >= 4 is 22.4 Å². The van der Waals surface area contributed by atoms with E-state index in [0.29, 0.717) is 22.8 Å². The number of nitrogens with two attached hydrogens (primary N) is 1. The van der Waals surface area contributed by atoms with Gasteiger partial charge in [0.05, 0.1) is 30.8 Å². The summed E-state index contributed by atoms with van der Waals surface area (Å²) in [5.41, 5.74) is 3.86. The second-order valence-electron chi connectivity index (χ2n) is 7.99. The average molecular weight is 536 g/mol. The number of nitrogen functional groups attached to an aromatic ring is 1. The van der Waals surface area contributed by atoms with Gasteiger partial charge < -0.3 is 25.3 Å². The molecule has 0 aliphatic heterocycles. The molecule has 1 atom stereocenters. The Labute approximate surface area is 206 Å². The van der Waals surface area contributed by atoms with Crippen LogP contribution in [0.15, 0.2) is 24.3 Å². The van der Waals surface area contributed by atoms with E-state index < -0.39 is 36.4 Å². The van der Waals surface area contributed by atoms with Crippen molar-refractivity contribution in [3.05, 3.63) is 47.0 Å². The molecule has 3 rings (SSSR count). The second-order valence-corrected chi connectivity index (χ2v) is 7.99. The highest BCUT2D eigenvalue weighted by molar-refractivity contribution is 5.92. The van der Waals surface area contributed by atoms with E-state index in [1.165, 1.54) is 26.2 Å². The lowest BCUT2D eigenvalue weighted by atomic mass is 10.0. The summed E-state index contributed by atoms with van der Waals surface area (Å²) in [6, 6.07) is 3.54. The Morgan fingerprint density at radius 3 is 2.32 bits per heavy atom. The monoisotopic (exact) mass is 536 g/mol. The van der Waals surface area contributed by atoms with Crippen LogP contribution in [0.5, 0.6) is 11.5 Å². The number of ether oxygens (including phenoxy) is 3. The van der Waals surface area contributed by atoms with Gasteiger partial charge in [-0.05, 0) is 32.0 Å². The van der Waals surface area contributed by atoms with E-state index >= 15 is 0 Å². The lowest BCUT2D eigenvalue weighted by molar-refractivity contribution is -0.175. The number of benzene rings is 2. The molecule has 0 amide bonds. The van der Waals surface area contributed by atoms with Gasteiger partial charge in [0.15, 0.2) is 11.5 Å². The van der Waals surface area contributed by atoms with Crippen molar-refractivity contribution < 1.29 is 44.9 Å². The lowest BCUT2D eigenvalue weighted by Crippen LogP contribution is -2.19. The average Bonchev–Trinajstić information content (AvgIpc) is 2.78. The van der Waals surface area contributed by atoms with Crippen LogP contribution in [0.25, 0.3) is 10.9 Å². The second kappa shape index (κ2) is 10.8. The molecule has 1 heterocycles. The fourth-order valence-corrected chi connectivity index (χ4v) is 3.51. The molecule has 0 bridgehead atoms. The smallest absolute Gasteiger partial charge is 0.419 e. The Morgan fingerprint density at radius 2 is 1.70 bits per heavy atom. The Balaban J connectivity index is 1.93. The minimum Gasteiger partial charge on any atom is -0.493 e. The van der Waals surface area contributed by atoms with Crippen LogP contribution in [-0.2, 0) is 10.9 Å². The van der Waals surface area contributed by atoms with Crippen LogP contribution < -0.4 is 20.5 Å². The van der Waals surface area contributed by atoms with Gasteiger partial charge in [0.25, 0.3) is 0 Å². The zero-order chi connectivity index (χ0) is 27.5. The fourth-order valence-electron chi connectivity index (χ4n) is 3.51. The van der Waals surface area contributed by atoms with Crippen LogP contribution in [0.4, 0.5) is 42.2 Å². The predicted molar refractivity (Wildman–Crippen MR) is 121 cm³/mol. The van der Waals surface area contributed by atoms with Gasteiger partial charge in [-0.1, -0.05) is 0 Å². The standard InChI is InChI=1S/C23H23F7N4O3/c1-11(14-6-13(31)7-16(20(14)24)23(28,29)30)32-21-15-8-19(37-5-4-36-10-22(25,26)27)18(35-3)9-17(15)33-12(2)34-21/h6-9,11H,4-5,10,31H2,1-3H3,(H,32,33,34)/t11-/m1/s1. The van der Waals surface area contributed by atoms with E-state index in [2.05, 4.69) is 20.0 Å².